The molecule has 14 heavy (non-hydrogen) atoms. The number of hydrogen-bond acceptors (Lipinski definition) is 4. The van der Waals surface area contributed by atoms with Crippen molar-refractivity contribution in [3.05, 3.63) is 33.9 Å². The molecule has 0 saturated heterocycles. The number of non-ortho nitro benzene ring substituents is 1. The molecular weight excluding hydrogens is 184 g/mol. The summed E-state index contributed by atoms with van der Waals surface area (Å²) in [6.45, 7) is 1.78. The molecule has 0 amide bonds. The summed E-state index contributed by atoms with van der Waals surface area (Å²) >= 11 is 0. The molecule has 1 aromatic carbocycles. The molecule has 0 fully saturated rings. The van der Waals surface area contributed by atoms with Crippen molar-refractivity contribution in [2.75, 3.05) is 0 Å². The van der Waals surface area contributed by atoms with Crippen LogP contribution in [-0.2, 0) is 6.42 Å². The van der Waals surface area contributed by atoms with Crippen LogP contribution in [0.25, 0.3) is 0 Å². The molecule has 0 aliphatic heterocycles. The molecule has 5 nitrogen and oxygen atoms in total. The first-order chi connectivity index (χ1) is 6.50. The molecule has 5 heteroatoms. The Morgan fingerprint density at radius 1 is 1.64 bits per heavy atom. The summed E-state index contributed by atoms with van der Waals surface area (Å²) in [7, 11) is 0. The number of phenolic OH excluding ortho intramolecular Hbond substituents is 1. The molecule has 0 bridgehead atoms. The quantitative estimate of drug-likeness (QED) is 0.561. The Morgan fingerprint density at radius 3 is 2.79 bits per heavy atom. The zero-order valence-corrected chi connectivity index (χ0v) is 7.80. The van der Waals surface area contributed by atoms with Crippen LogP contribution in [0.3, 0.4) is 0 Å². The van der Waals surface area contributed by atoms with Crippen LogP contribution in [0.2, 0.25) is 0 Å². The highest BCUT2D eigenvalue weighted by molar-refractivity contribution is 5.43. The van der Waals surface area contributed by atoms with Crippen LogP contribution in [0.1, 0.15) is 12.5 Å². The minimum atomic E-state index is -0.496. The fourth-order valence-corrected chi connectivity index (χ4v) is 1.20. The van der Waals surface area contributed by atoms with Gasteiger partial charge in [0.15, 0.2) is 0 Å². The van der Waals surface area contributed by atoms with E-state index in [1.165, 1.54) is 18.2 Å². The average Bonchev–Trinajstić information content (AvgIpc) is 2.07. The van der Waals surface area contributed by atoms with Crippen LogP contribution in [0.5, 0.6) is 5.75 Å². The van der Waals surface area contributed by atoms with Crippen molar-refractivity contribution in [1.29, 1.82) is 0 Å². The Morgan fingerprint density at radius 2 is 2.29 bits per heavy atom. The normalized spacial score (nSPS) is 12.4. The minimum Gasteiger partial charge on any atom is -0.508 e. The number of hydrogen-bond donors (Lipinski definition) is 2. The second-order valence-electron chi connectivity index (χ2n) is 3.25. The molecule has 1 aromatic rings. The third-order valence-electron chi connectivity index (χ3n) is 1.82. The van der Waals surface area contributed by atoms with Gasteiger partial charge in [-0.1, -0.05) is 0 Å². The Balaban J connectivity index is 3.02. The highest BCUT2D eigenvalue weighted by Crippen LogP contribution is 2.23. The van der Waals surface area contributed by atoms with Crippen molar-refractivity contribution in [3.63, 3.8) is 0 Å². The summed E-state index contributed by atoms with van der Waals surface area (Å²) in [6, 6.07) is 3.79. The van der Waals surface area contributed by atoms with E-state index in [4.69, 9.17) is 5.73 Å². The average molecular weight is 196 g/mol. The van der Waals surface area contributed by atoms with Gasteiger partial charge in [0.1, 0.15) is 5.75 Å². The molecule has 76 valence electrons. The molecule has 0 unspecified atom stereocenters. The number of rotatable bonds is 3. The lowest BCUT2D eigenvalue weighted by atomic mass is 10.1. The van der Waals surface area contributed by atoms with E-state index in [0.717, 1.165) is 0 Å². The lowest BCUT2D eigenvalue weighted by Crippen LogP contribution is -2.17. The van der Waals surface area contributed by atoms with Crippen molar-refractivity contribution in [2.45, 2.75) is 19.4 Å². The summed E-state index contributed by atoms with van der Waals surface area (Å²) in [5.74, 6) is 0.0490. The first-order valence-corrected chi connectivity index (χ1v) is 4.22. The molecule has 0 saturated carbocycles. The molecule has 0 aliphatic carbocycles. The third kappa shape index (κ3) is 2.43. The van der Waals surface area contributed by atoms with Crippen molar-refractivity contribution >= 4 is 5.69 Å². The first-order valence-electron chi connectivity index (χ1n) is 4.22. The van der Waals surface area contributed by atoms with E-state index in [2.05, 4.69) is 0 Å². The lowest BCUT2D eigenvalue weighted by Gasteiger charge is -2.06. The number of nitro benzene ring substituents is 1. The van der Waals surface area contributed by atoms with Gasteiger partial charge in [-0.25, -0.2) is 0 Å². The zero-order valence-electron chi connectivity index (χ0n) is 7.80. The molecule has 0 radical (unpaired) electrons. The predicted octanol–water partition coefficient (Wildman–Crippen LogP) is 1.19. The Kier molecular flexibility index (Phi) is 3.03. The standard InChI is InChI=1S/C9H12N2O3/c1-6(10)4-7-5-8(11(13)14)2-3-9(7)12/h2-3,5-6,12H,4,10H2,1H3/t6-/m1/s1. The van der Waals surface area contributed by atoms with Crippen molar-refractivity contribution in [2.24, 2.45) is 5.73 Å². The molecule has 1 rings (SSSR count). The van der Waals surface area contributed by atoms with E-state index in [9.17, 15) is 15.2 Å². The van der Waals surface area contributed by atoms with Gasteiger partial charge in [-0.2, -0.15) is 0 Å². The summed E-state index contributed by atoms with van der Waals surface area (Å²) in [5, 5.41) is 19.8. The van der Waals surface area contributed by atoms with Gasteiger partial charge in [-0.05, 0) is 19.4 Å². The van der Waals surface area contributed by atoms with E-state index in [1.807, 2.05) is 0 Å². The number of nitrogens with zero attached hydrogens (tertiary/aromatic N) is 1. The van der Waals surface area contributed by atoms with Gasteiger partial charge in [-0.3, -0.25) is 10.1 Å². The van der Waals surface area contributed by atoms with Crippen molar-refractivity contribution in [3.8, 4) is 5.75 Å². The van der Waals surface area contributed by atoms with Crippen LogP contribution in [-0.4, -0.2) is 16.1 Å². The van der Waals surface area contributed by atoms with E-state index >= 15 is 0 Å². The Labute approximate surface area is 81.3 Å². The second-order valence-corrected chi connectivity index (χ2v) is 3.25. The summed E-state index contributed by atoms with van der Waals surface area (Å²) in [5.41, 5.74) is 6.02. The monoisotopic (exact) mass is 196 g/mol. The smallest absolute Gasteiger partial charge is 0.269 e. The summed E-state index contributed by atoms with van der Waals surface area (Å²) in [4.78, 5) is 9.95. The number of benzene rings is 1. The fraction of sp³-hybridized carbons (Fsp3) is 0.333. The van der Waals surface area contributed by atoms with Crippen LogP contribution in [0.15, 0.2) is 18.2 Å². The maximum atomic E-state index is 10.4. The highest BCUT2D eigenvalue weighted by atomic mass is 16.6. The minimum absolute atomic E-state index is 0.0292. The molecule has 1 atom stereocenters. The Hall–Kier alpha value is -1.62. The maximum absolute atomic E-state index is 10.4. The number of nitro groups is 1. The van der Waals surface area contributed by atoms with Gasteiger partial charge in [0.05, 0.1) is 4.92 Å². The number of nitrogens with two attached hydrogens (primary N) is 1. The zero-order chi connectivity index (χ0) is 10.7. The van der Waals surface area contributed by atoms with E-state index in [1.54, 1.807) is 6.92 Å². The first kappa shape index (κ1) is 10.5. The lowest BCUT2D eigenvalue weighted by molar-refractivity contribution is -0.384. The van der Waals surface area contributed by atoms with Crippen molar-refractivity contribution < 1.29 is 10.0 Å². The van der Waals surface area contributed by atoms with Crippen LogP contribution < -0.4 is 5.73 Å². The molecule has 3 N–H and O–H groups in total. The van der Waals surface area contributed by atoms with Crippen molar-refractivity contribution in [1.82, 2.24) is 0 Å². The van der Waals surface area contributed by atoms with Crippen LogP contribution >= 0.6 is 0 Å². The summed E-state index contributed by atoms with van der Waals surface area (Å²) < 4.78 is 0. The number of aromatic hydroxyl groups is 1. The predicted molar refractivity (Wildman–Crippen MR) is 52.1 cm³/mol. The van der Waals surface area contributed by atoms with E-state index < -0.39 is 4.92 Å². The van der Waals surface area contributed by atoms with Crippen LogP contribution in [0, 0.1) is 10.1 Å². The SMILES string of the molecule is C[C@@H](N)Cc1cc([N+](=O)[O-])ccc1O. The summed E-state index contributed by atoms with van der Waals surface area (Å²) in [6.07, 6.45) is 0.424. The van der Waals surface area contributed by atoms with Gasteiger partial charge in [0, 0.05) is 23.7 Å². The molecule has 0 spiro atoms. The molecular formula is C9H12N2O3. The molecule has 0 aliphatic rings. The highest BCUT2D eigenvalue weighted by Gasteiger charge is 2.11. The third-order valence-corrected chi connectivity index (χ3v) is 1.82. The largest absolute Gasteiger partial charge is 0.508 e. The van der Waals surface area contributed by atoms with Gasteiger partial charge < -0.3 is 10.8 Å². The fourth-order valence-electron chi connectivity index (χ4n) is 1.20. The molecule has 0 heterocycles. The van der Waals surface area contributed by atoms with Gasteiger partial charge in [0.25, 0.3) is 5.69 Å². The Bertz CT molecular complexity index is 350. The second kappa shape index (κ2) is 4.06. The van der Waals surface area contributed by atoms with Gasteiger partial charge >= 0.3 is 0 Å². The van der Waals surface area contributed by atoms with Crippen LogP contribution in [0.4, 0.5) is 5.69 Å². The number of phenols is 1. The van der Waals surface area contributed by atoms with E-state index in [-0.39, 0.29) is 17.5 Å². The molecule has 0 aromatic heterocycles. The van der Waals surface area contributed by atoms with Gasteiger partial charge in [-0.15, -0.1) is 0 Å². The topological polar surface area (TPSA) is 89.4 Å². The van der Waals surface area contributed by atoms with Gasteiger partial charge in [0.2, 0.25) is 0 Å². The maximum Gasteiger partial charge on any atom is 0.269 e. The van der Waals surface area contributed by atoms with E-state index in [0.29, 0.717) is 12.0 Å².